The van der Waals surface area contributed by atoms with Crippen LogP contribution >= 0.6 is 11.6 Å². The molecule has 0 aliphatic heterocycles. The first-order valence-electron chi connectivity index (χ1n) is 6.88. The molecule has 0 saturated carbocycles. The highest BCUT2D eigenvalue weighted by molar-refractivity contribution is 6.28. The molecule has 7 nitrogen and oxygen atoms in total. The van der Waals surface area contributed by atoms with E-state index in [0.29, 0.717) is 11.9 Å². The van der Waals surface area contributed by atoms with Gasteiger partial charge in [-0.15, -0.1) is 0 Å². The average Bonchev–Trinajstić information content (AvgIpc) is 2.78. The Morgan fingerprint density at radius 2 is 1.91 bits per heavy atom. The molecule has 2 heterocycles. The van der Waals surface area contributed by atoms with E-state index in [9.17, 15) is 0 Å². The Hall–Kier alpha value is -2.41. The smallest absolute Gasteiger partial charge is 0.233 e. The summed E-state index contributed by atoms with van der Waals surface area (Å²) >= 11 is 5.94. The van der Waals surface area contributed by atoms with Gasteiger partial charge in [0, 0.05) is 24.2 Å². The molecule has 3 rings (SSSR count). The maximum Gasteiger partial charge on any atom is 0.233 e. The van der Waals surface area contributed by atoms with Gasteiger partial charge < -0.3 is 10.6 Å². The lowest BCUT2D eigenvalue weighted by Gasteiger charge is -2.10. The Morgan fingerprint density at radius 3 is 2.68 bits per heavy atom. The van der Waals surface area contributed by atoms with Crippen LogP contribution in [0.5, 0.6) is 0 Å². The van der Waals surface area contributed by atoms with Crippen molar-refractivity contribution in [3.8, 4) is 0 Å². The largest absolute Gasteiger partial charge is 0.352 e. The van der Waals surface area contributed by atoms with Crippen LogP contribution in [-0.2, 0) is 7.05 Å². The Kier molecular flexibility index (Phi) is 3.81. The van der Waals surface area contributed by atoms with Gasteiger partial charge in [0.2, 0.25) is 17.2 Å². The van der Waals surface area contributed by atoms with Crippen molar-refractivity contribution in [3.05, 3.63) is 29.7 Å². The van der Waals surface area contributed by atoms with Crippen molar-refractivity contribution in [1.29, 1.82) is 0 Å². The van der Waals surface area contributed by atoms with E-state index in [4.69, 9.17) is 11.6 Å². The van der Waals surface area contributed by atoms with Gasteiger partial charge in [-0.05, 0) is 43.6 Å². The van der Waals surface area contributed by atoms with Crippen LogP contribution in [0.25, 0.3) is 10.9 Å². The van der Waals surface area contributed by atoms with E-state index < -0.39 is 0 Å². The molecule has 2 N–H and O–H groups in total. The normalized spacial score (nSPS) is 11.1. The van der Waals surface area contributed by atoms with Gasteiger partial charge >= 0.3 is 0 Å². The molecule has 0 atom stereocenters. The van der Waals surface area contributed by atoms with E-state index >= 15 is 0 Å². The number of anilines is 3. The van der Waals surface area contributed by atoms with Gasteiger partial charge in [-0.25, -0.2) is 0 Å². The van der Waals surface area contributed by atoms with Gasteiger partial charge in [-0.3, -0.25) is 4.68 Å². The number of hydrogen-bond donors (Lipinski definition) is 2. The van der Waals surface area contributed by atoms with Gasteiger partial charge in [0.15, 0.2) is 0 Å². The predicted octanol–water partition coefficient (Wildman–Crippen LogP) is 2.98. The van der Waals surface area contributed by atoms with Gasteiger partial charge in [0.25, 0.3) is 0 Å². The average molecular weight is 318 g/mol. The fourth-order valence-electron chi connectivity index (χ4n) is 2.10. The minimum atomic E-state index is 0.142. The number of benzene rings is 1. The molecule has 0 fully saturated rings. The highest BCUT2D eigenvalue weighted by Gasteiger charge is 2.07. The fourth-order valence-corrected chi connectivity index (χ4v) is 2.26. The standard InChI is InChI=1S/C14H16ClN7/c1-8(2)17-13-19-12(15)20-14(21-13)18-10-4-5-11-9(6-10)7-16-22(11)3/h4-8H,1-3H3,(H2,17,18,19,20,21). The number of fused-ring (bicyclic) bond motifs is 1. The molecule has 1 aromatic carbocycles. The molecule has 0 aliphatic carbocycles. The second-order valence-electron chi connectivity index (χ2n) is 5.22. The van der Waals surface area contributed by atoms with Gasteiger partial charge in [0.1, 0.15) is 0 Å². The number of aryl methyl sites for hydroxylation is 1. The third-order valence-electron chi connectivity index (χ3n) is 3.03. The molecular formula is C14H16ClN7. The Morgan fingerprint density at radius 1 is 1.14 bits per heavy atom. The minimum Gasteiger partial charge on any atom is -0.352 e. The van der Waals surface area contributed by atoms with Crippen molar-refractivity contribution in [2.24, 2.45) is 7.05 Å². The van der Waals surface area contributed by atoms with Crippen LogP contribution in [0.2, 0.25) is 5.28 Å². The highest BCUT2D eigenvalue weighted by Crippen LogP contribution is 2.21. The van der Waals surface area contributed by atoms with Crippen molar-refractivity contribution in [1.82, 2.24) is 24.7 Å². The number of nitrogens with zero attached hydrogens (tertiary/aromatic N) is 5. The molecule has 2 aromatic heterocycles. The van der Waals surface area contributed by atoms with E-state index in [0.717, 1.165) is 16.6 Å². The molecule has 0 unspecified atom stereocenters. The van der Waals surface area contributed by atoms with Crippen LogP contribution in [0, 0.1) is 0 Å². The molecule has 8 heteroatoms. The molecular weight excluding hydrogens is 302 g/mol. The molecule has 22 heavy (non-hydrogen) atoms. The van der Waals surface area contributed by atoms with Crippen LogP contribution in [-0.4, -0.2) is 30.8 Å². The van der Waals surface area contributed by atoms with Crippen LogP contribution in [0.4, 0.5) is 17.6 Å². The molecule has 0 saturated heterocycles. The van der Waals surface area contributed by atoms with Crippen LogP contribution in [0.1, 0.15) is 13.8 Å². The summed E-state index contributed by atoms with van der Waals surface area (Å²) in [6.07, 6.45) is 1.81. The van der Waals surface area contributed by atoms with Gasteiger partial charge in [0.05, 0.1) is 11.7 Å². The van der Waals surface area contributed by atoms with Gasteiger partial charge in [-0.2, -0.15) is 20.1 Å². The summed E-state index contributed by atoms with van der Waals surface area (Å²) in [4.78, 5) is 12.4. The molecule has 0 radical (unpaired) electrons. The van der Waals surface area contributed by atoms with Crippen molar-refractivity contribution < 1.29 is 0 Å². The molecule has 0 amide bonds. The summed E-state index contributed by atoms with van der Waals surface area (Å²) < 4.78 is 1.82. The monoisotopic (exact) mass is 317 g/mol. The number of hydrogen-bond acceptors (Lipinski definition) is 6. The lowest BCUT2D eigenvalue weighted by molar-refractivity contribution is 0.797. The second kappa shape index (κ2) is 5.76. The zero-order chi connectivity index (χ0) is 15.7. The van der Waals surface area contributed by atoms with Crippen molar-refractivity contribution in [3.63, 3.8) is 0 Å². The van der Waals surface area contributed by atoms with Crippen molar-refractivity contribution in [2.75, 3.05) is 10.6 Å². The summed E-state index contributed by atoms with van der Waals surface area (Å²) in [5.74, 6) is 0.839. The molecule has 114 valence electrons. The summed E-state index contributed by atoms with van der Waals surface area (Å²) in [6, 6.07) is 6.12. The van der Waals surface area contributed by atoms with E-state index in [1.807, 2.05) is 50.0 Å². The Balaban J connectivity index is 1.88. The Bertz CT molecular complexity index is 812. The van der Waals surface area contributed by atoms with Crippen LogP contribution in [0.3, 0.4) is 0 Å². The SMILES string of the molecule is CC(C)Nc1nc(Cl)nc(Nc2ccc3c(cnn3C)c2)n1. The third kappa shape index (κ3) is 3.09. The third-order valence-corrected chi connectivity index (χ3v) is 3.20. The zero-order valence-corrected chi connectivity index (χ0v) is 13.3. The second-order valence-corrected chi connectivity index (χ2v) is 5.56. The highest BCUT2D eigenvalue weighted by atomic mass is 35.5. The van der Waals surface area contributed by atoms with E-state index in [1.165, 1.54) is 0 Å². The first-order valence-corrected chi connectivity index (χ1v) is 7.26. The molecule has 0 bridgehead atoms. The maximum absolute atomic E-state index is 5.94. The summed E-state index contributed by atoms with van der Waals surface area (Å²) in [5.41, 5.74) is 1.92. The lowest BCUT2D eigenvalue weighted by Crippen LogP contribution is -2.14. The first-order chi connectivity index (χ1) is 10.5. The van der Waals surface area contributed by atoms with Crippen LogP contribution in [0.15, 0.2) is 24.4 Å². The van der Waals surface area contributed by atoms with E-state index in [-0.39, 0.29) is 11.3 Å². The zero-order valence-electron chi connectivity index (χ0n) is 12.5. The summed E-state index contributed by atoms with van der Waals surface area (Å²) in [5, 5.41) is 11.6. The maximum atomic E-state index is 5.94. The molecule has 0 aliphatic rings. The minimum absolute atomic E-state index is 0.142. The molecule has 3 aromatic rings. The summed E-state index contributed by atoms with van der Waals surface area (Å²) in [6.45, 7) is 4.00. The number of aromatic nitrogens is 5. The topological polar surface area (TPSA) is 80.5 Å². The fraction of sp³-hybridized carbons (Fsp3) is 0.286. The van der Waals surface area contributed by atoms with Gasteiger partial charge in [-0.1, -0.05) is 0 Å². The predicted molar refractivity (Wildman–Crippen MR) is 87.6 cm³/mol. The number of nitrogens with one attached hydrogen (secondary N) is 2. The van der Waals surface area contributed by atoms with E-state index in [1.54, 1.807) is 0 Å². The van der Waals surface area contributed by atoms with Crippen molar-refractivity contribution in [2.45, 2.75) is 19.9 Å². The van der Waals surface area contributed by atoms with Crippen LogP contribution < -0.4 is 10.6 Å². The van der Waals surface area contributed by atoms with E-state index in [2.05, 4.69) is 30.7 Å². The number of halogens is 1. The molecule has 0 spiro atoms. The number of rotatable bonds is 4. The first kappa shape index (κ1) is 14.5. The lowest BCUT2D eigenvalue weighted by atomic mass is 10.2. The van der Waals surface area contributed by atoms with Crippen molar-refractivity contribution >= 4 is 40.1 Å². The quantitative estimate of drug-likeness (QED) is 0.770. The Labute approximate surface area is 132 Å². The summed E-state index contributed by atoms with van der Waals surface area (Å²) in [7, 11) is 1.91.